The normalized spacial score (nSPS) is 12.0. The van der Waals surface area contributed by atoms with Crippen molar-refractivity contribution < 1.29 is 8.42 Å². The maximum Gasteiger partial charge on any atom is 0.263 e. The maximum atomic E-state index is 13.3. The molecule has 0 spiro atoms. The molecule has 5 nitrogen and oxygen atoms in total. The van der Waals surface area contributed by atoms with Crippen LogP contribution in [0.2, 0.25) is 0 Å². The Labute approximate surface area is 189 Å². The molecule has 0 aliphatic carbocycles. The Hall–Kier alpha value is -3.38. The van der Waals surface area contributed by atoms with E-state index in [1.54, 1.807) is 30.3 Å². The summed E-state index contributed by atoms with van der Waals surface area (Å²) in [7, 11) is -3.81. The van der Waals surface area contributed by atoms with Crippen molar-refractivity contribution in [3.8, 4) is 11.1 Å². The molecule has 0 radical (unpaired) electrons. The van der Waals surface area contributed by atoms with Gasteiger partial charge in [0, 0.05) is 5.56 Å². The van der Waals surface area contributed by atoms with Gasteiger partial charge in [0.1, 0.15) is 5.82 Å². The van der Waals surface area contributed by atoms with E-state index in [1.807, 2.05) is 86.1 Å². The molecule has 164 valence electrons. The Morgan fingerprint density at radius 2 is 1.38 bits per heavy atom. The van der Waals surface area contributed by atoms with Gasteiger partial charge in [-0.3, -0.25) is 4.72 Å². The molecule has 4 aromatic rings. The van der Waals surface area contributed by atoms with Crippen molar-refractivity contribution in [3.63, 3.8) is 0 Å². The SMILES string of the molecule is CCc1nn(C(C)(C)c2ccccc2)c(NS(=O)(=O)c2ccccc2)c1-c1ccccc1. The first-order chi connectivity index (χ1) is 15.3. The minimum Gasteiger partial charge on any atom is -0.263 e. The van der Waals surface area contributed by atoms with Gasteiger partial charge in [-0.2, -0.15) is 5.10 Å². The van der Waals surface area contributed by atoms with Crippen LogP contribution < -0.4 is 4.72 Å². The molecule has 0 amide bonds. The summed E-state index contributed by atoms with van der Waals surface area (Å²) in [6.45, 7) is 6.12. The maximum absolute atomic E-state index is 13.3. The van der Waals surface area contributed by atoms with Crippen LogP contribution in [0.15, 0.2) is 95.9 Å². The lowest BCUT2D eigenvalue weighted by atomic mass is 9.94. The minimum absolute atomic E-state index is 0.210. The zero-order chi connectivity index (χ0) is 22.8. The molecule has 4 rings (SSSR count). The van der Waals surface area contributed by atoms with E-state index in [0.717, 1.165) is 22.4 Å². The van der Waals surface area contributed by atoms with E-state index in [0.29, 0.717) is 12.2 Å². The van der Waals surface area contributed by atoms with Crippen LogP contribution in [0.3, 0.4) is 0 Å². The Morgan fingerprint density at radius 1 is 0.844 bits per heavy atom. The fourth-order valence-electron chi connectivity index (χ4n) is 3.87. The number of rotatable bonds is 7. The number of anilines is 1. The molecular formula is C26H27N3O2S. The van der Waals surface area contributed by atoms with Crippen LogP contribution in [0.25, 0.3) is 11.1 Å². The molecule has 1 heterocycles. The fourth-order valence-corrected chi connectivity index (χ4v) is 4.95. The number of nitrogens with one attached hydrogen (secondary N) is 1. The first kappa shape index (κ1) is 21.8. The summed E-state index contributed by atoms with van der Waals surface area (Å²) in [5.41, 5.74) is 3.00. The van der Waals surface area contributed by atoms with Gasteiger partial charge in [0.2, 0.25) is 0 Å². The van der Waals surface area contributed by atoms with E-state index >= 15 is 0 Å². The average molecular weight is 446 g/mol. The van der Waals surface area contributed by atoms with Crippen molar-refractivity contribution in [3.05, 3.63) is 102 Å². The molecule has 32 heavy (non-hydrogen) atoms. The number of aromatic nitrogens is 2. The molecule has 0 atom stereocenters. The number of hydrogen-bond donors (Lipinski definition) is 1. The first-order valence-corrected chi connectivity index (χ1v) is 12.1. The first-order valence-electron chi connectivity index (χ1n) is 10.7. The third-order valence-corrected chi connectivity index (χ3v) is 7.00. The van der Waals surface area contributed by atoms with E-state index in [4.69, 9.17) is 5.10 Å². The number of aryl methyl sites for hydroxylation is 1. The largest absolute Gasteiger partial charge is 0.263 e. The molecule has 0 saturated carbocycles. The third kappa shape index (κ3) is 4.06. The van der Waals surface area contributed by atoms with Crippen LogP contribution in [0.5, 0.6) is 0 Å². The quantitative estimate of drug-likeness (QED) is 0.397. The zero-order valence-corrected chi connectivity index (χ0v) is 19.3. The van der Waals surface area contributed by atoms with Crippen molar-refractivity contribution in [2.75, 3.05) is 4.72 Å². The molecule has 3 aromatic carbocycles. The van der Waals surface area contributed by atoms with Gasteiger partial charge in [0.15, 0.2) is 0 Å². The molecule has 0 aliphatic heterocycles. The number of sulfonamides is 1. The second-order valence-electron chi connectivity index (χ2n) is 8.15. The van der Waals surface area contributed by atoms with Gasteiger partial charge in [-0.1, -0.05) is 85.8 Å². The van der Waals surface area contributed by atoms with E-state index in [2.05, 4.69) is 4.72 Å². The molecule has 6 heteroatoms. The lowest BCUT2D eigenvalue weighted by Crippen LogP contribution is -2.31. The lowest BCUT2D eigenvalue weighted by Gasteiger charge is -2.28. The van der Waals surface area contributed by atoms with E-state index in [9.17, 15) is 8.42 Å². The second kappa shape index (κ2) is 8.63. The van der Waals surface area contributed by atoms with E-state index < -0.39 is 15.6 Å². The monoisotopic (exact) mass is 445 g/mol. The van der Waals surface area contributed by atoms with Gasteiger partial charge in [-0.05, 0) is 43.5 Å². The van der Waals surface area contributed by atoms with Crippen molar-refractivity contribution in [2.24, 2.45) is 0 Å². The van der Waals surface area contributed by atoms with Gasteiger partial charge >= 0.3 is 0 Å². The highest BCUT2D eigenvalue weighted by atomic mass is 32.2. The van der Waals surface area contributed by atoms with Gasteiger partial charge in [0.05, 0.1) is 16.1 Å². The molecule has 0 unspecified atom stereocenters. The van der Waals surface area contributed by atoms with Crippen LogP contribution >= 0.6 is 0 Å². The molecule has 0 aliphatic rings. The Kier molecular flexibility index (Phi) is 5.89. The van der Waals surface area contributed by atoms with E-state index in [1.165, 1.54) is 0 Å². The van der Waals surface area contributed by atoms with Crippen LogP contribution in [-0.4, -0.2) is 18.2 Å². The predicted octanol–water partition coefficient (Wildman–Crippen LogP) is 5.70. The predicted molar refractivity (Wildman–Crippen MR) is 129 cm³/mol. The molecule has 1 N–H and O–H groups in total. The summed E-state index contributed by atoms with van der Waals surface area (Å²) >= 11 is 0. The standard InChI is InChI=1S/C26H27N3O2S/c1-4-23-24(20-14-8-5-9-15-20)25(28-32(30,31)22-18-12-7-13-19-22)29(27-23)26(2,3)21-16-10-6-11-17-21/h5-19,28H,4H2,1-3H3. The molecule has 0 fully saturated rings. The summed E-state index contributed by atoms with van der Waals surface area (Å²) in [5.74, 6) is 0.464. The molecule has 1 aromatic heterocycles. The van der Waals surface area contributed by atoms with Gasteiger partial charge in [0.25, 0.3) is 10.0 Å². The highest BCUT2D eigenvalue weighted by molar-refractivity contribution is 7.92. The summed E-state index contributed by atoms with van der Waals surface area (Å²) in [4.78, 5) is 0.210. The molecule has 0 saturated heterocycles. The van der Waals surface area contributed by atoms with Gasteiger partial charge in [-0.25, -0.2) is 13.1 Å². The molecular weight excluding hydrogens is 418 g/mol. The van der Waals surface area contributed by atoms with Gasteiger partial charge < -0.3 is 0 Å². The Bertz CT molecular complexity index is 1300. The topological polar surface area (TPSA) is 64.0 Å². The Balaban J connectivity index is 1.96. The van der Waals surface area contributed by atoms with Crippen molar-refractivity contribution >= 4 is 15.8 Å². The smallest absolute Gasteiger partial charge is 0.263 e. The number of nitrogens with zero attached hydrogens (tertiary/aromatic N) is 2. The fraction of sp³-hybridized carbons (Fsp3) is 0.192. The van der Waals surface area contributed by atoms with Crippen LogP contribution in [0.1, 0.15) is 32.0 Å². The molecule has 0 bridgehead atoms. The van der Waals surface area contributed by atoms with Crippen molar-refractivity contribution in [1.82, 2.24) is 9.78 Å². The van der Waals surface area contributed by atoms with Crippen molar-refractivity contribution in [2.45, 2.75) is 37.6 Å². The van der Waals surface area contributed by atoms with Gasteiger partial charge in [-0.15, -0.1) is 0 Å². The van der Waals surface area contributed by atoms with Crippen LogP contribution in [0, 0.1) is 0 Å². The third-order valence-electron chi connectivity index (χ3n) is 5.65. The number of benzene rings is 3. The highest BCUT2D eigenvalue weighted by Gasteiger charge is 2.32. The highest BCUT2D eigenvalue weighted by Crippen LogP contribution is 2.38. The summed E-state index contributed by atoms with van der Waals surface area (Å²) in [5, 5.41) is 4.92. The second-order valence-corrected chi connectivity index (χ2v) is 9.83. The minimum atomic E-state index is -3.81. The summed E-state index contributed by atoms with van der Waals surface area (Å²) < 4.78 is 31.4. The summed E-state index contributed by atoms with van der Waals surface area (Å²) in [6.07, 6.45) is 0.669. The summed E-state index contributed by atoms with van der Waals surface area (Å²) in [6, 6.07) is 28.2. The zero-order valence-electron chi connectivity index (χ0n) is 18.5. The average Bonchev–Trinajstić information content (AvgIpc) is 3.19. The van der Waals surface area contributed by atoms with E-state index in [-0.39, 0.29) is 4.90 Å². The Morgan fingerprint density at radius 3 is 1.94 bits per heavy atom. The van der Waals surface area contributed by atoms with Crippen LogP contribution in [-0.2, 0) is 22.0 Å². The van der Waals surface area contributed by atoms with Crippen molar-refractivity contribution in [1.29, 1.82) is 0 Å². The number of hydrogen-bond acceptors (Lipinski definition) is 3. The lowest BCUT2D eigenvalue weighted by molar-refractivity contribution is 0.394. The van der Waals surface area contributed by atoms with Crippen LogP contribution in [0.4, 0.5) is 5.82 Å².